The van der Waals surface area contributed by atoms with Gasteiger partial charge < -0.3 is 5.11 Å². The monoisotopic (exact) mass is 411 g/mol. The number of halogens is 4. The summed E-state index contributed by atoms with van der Waals surface area (Å²) in [4.78, 5) is 3.68. The van der Waals surface area contributed by atoms with Crippen molar-refractivity contribution in [3.8, 4) is 0 Å². The predicted octanol–water partition coefficient (Wildman–Crippen LogP) is 2.72. The maximum Gasteiger partial charge on any atom is 0.280 e. The molecule has 0 aromatic carbocycles. The quantitative estimate of drug-likeness (QED) is 0.600. The van der Waals surface area contributed by atoms with E-state index in [-0.39, 0.29) is 11.3 Å². The van der Waals surface area contributed by atoms with Crippen LogP contribution in [0, 0.1) is 7.27 Å². The fourth-order valence-electron chi connectivity index (χ4n) is 0.866. The highest BCUT2D eigenvalue weighted by molar-refractivity contribution is 14.1. The number of hydrogen-bond acceptors (Lipinski definition) is 2. The number of rotatable bonds is 2. The number of nitrogens with zero attached hydrogens (tertiary/aromatic N) is 1. The largest absolute Gasteiger partial charge is 0.392 e. The lowest BCUT2D eigenvalue weighted by atomic mass is 10.2. The summed E-state index contributed by atoms with van der Waals surface area (Å²) >= 11 is 3.77. The van der Waals surface area contributed by atoms with Crippen LogP contribution in [-0.2, 0) is 6.61 Å². The van der Waals surface area contributed by atoms with E-state index in [1.54, 1.807) is 6.07 Å². The Labute approximate surface area is 101 Å². The summed E-state index contributed by atoms with van der Waals surface area (Å²) in [6.07, 6.45) is -2.63. The van der Waals surface area contributed by atoms with Gasteiger partial charge in [-0.05, 0) is 51.2 Å². The van der Waals surface area contributed by atoms with Crippen molar-refractivity contribution in [1.29, 1.82) is 0 Å². The van der Waals surface area contributed by atoms with Gasteiger partial charge in [0.25, 0.3) is 6.43 Å². The molecule has 6 heteroatoms. The number of hydrogen-bond donors (Lipinski definition) is 1. The normalized spacial score (nSPS) is 10.9. The Kier molecular flexibility index (Phi) is 4.23. The molecule has 1 aromatic rings. The Hall–Kier alpha value is 0.430. The van der Waals surface area contributed by atoms with Crippen molar-refractivity contribution < 1.29 is 13.9 Å². The van der Waals surface area contributed by atoms with Crippen LogP contribution in [0.25, 0.3) is 0 Å². The van der Waals surface area contributed by atoms with Gasteiger partial charge in [0.1, 0.15) is 9.39 Å². The fraction of sp³-hybridized carbons (Fsp3) is 0.286. The van der Waals surface area contributed by atoms with E-state index in [1.807, 2.05) is 45.2 Å². The number of aliphatic hydroxyl groups excluding tert-OH is 1. The summed E-state index contributed by atoms with van der Waals surface area (Å²) in [5.41, 5.74) is -0.102. The third kappa shape index (κ3) is 2.69. The van der Waals surface area contributed by atoms with E-state index in [9.17, 15) is 8.78 Å². The second kappa shape index (κ2) is 4.78. The van der Waals surface area contributed by atoms with Crippen LogP contribution in [0.5, 0.6) is 0 Å². The standard InChI is InChI=1S/C7H5F2I2NO/c8-7(9)6-3(2-13)4(10)1-5(11)12-6/h1,7,13H,2H2. The van der Waals surface area contributed by atoms with Crippen LogP contribution >= 0.6 is 45.2 Å². The van der Waals surface area contributed by atoms with Crippen molar-refractivity contribution in [3.63, 3.8) is 0 Å². The lowest BCUT2D eigenvalue weighted by Crippen LogP contribution is -2.03. The molecular weight excluding hydrogens is 406 g/mol. The molecule has 0 bridgehead atoms. The third-order valence-corrected chi connectivity index (χ3v) is 2.95. The molecule has 13 heavy (non-hydrogen) atoms. The van der Waals surface area contributed by atoms with Gasteiger partial charge in [-0.3, -0.25) is 0 Å². The van der Waals surface area contributed by atoms with Gasteiger partial charge in [0, 0.05) is 9.13 Å². The van der Waals surface area contributed by atoms with Gasteiger partial charge in [-0.2, -0.15) is 0 Å². The molecule has 0 radical (unpaired) electrons. The Balaban J connectivity index is 3.29. The van der Waals surface area contributed by atoms with Gasteiger partial charge in [0.2, 0.25) is 0 Å². The van der Waals surface area contributed by atoms with Crippen LogP contribution in [0.15, 0.2) is 6.07 Å². The average Bonchev–Trinajstić information content (AvgIpc) is 2.02. The van der Waals surface area contributed by atoms with Crippen molar-refractivity contribution in [2.45, 2.75) is 13.0 Å². The first kappa shape index (κ1) is 11.5. The van der Waals surface area contributed by atoms with Crippen molar-refractivity contribution in [1.82, 2.24) is 4.98 Å². The first-order valence-corrected chi connectivity index (χ1v) is 5.45. The Morgan fingerprint density at radius 1 is 1.46 bits per heavy atom. The molecule has 1 rings (SSSR count). The van der Waals surface area contributed by atoms with Crippen molar-refractivity contribution in [3.05, 3.63) is 24.6 Å². The van der Waals surface area contributed by atoms with E-state index < -0.39 is 13.0 Å². The molecule has 0 amide bonds. The van der Waals surface area contributed by atoms with Crippen LogP contribution in [-0.4, -0.2) is 10.1 Å². The zero-order valence-corrected chi connectivity index (χ0v) is 10.6. The smallest absolute Gasteiger partial charge is 0.280 e. The molecule has 0 spiro atoms. The average molecular weight is 411 g/mol. The van der Waals surface area contributed by atoms with E-state index in [0.717, 1.165) is 0 Å². The van der Waals surface area contributed by atoms with Crippen LogP contribution in [0.2, 0.25) is 0 Å². The van der Waals surface area contributed by atoms with Gasteiger partial charge in [-0.1, -0.05) is 0 Å². The van der Waals surface area contributed by atoms with Gasteiger partial charge >= 0.3 is 0 Å². The molecule has 2 nitrogen and oxygen atoms in total. The van der Waals surface area contributed by atoms with E-state index in [0.29, 0.717) is 7.27 Å². The van der Waals surface area contributed by atoms with Crippen molar-refractivity contribution >= 4 is 45.2 Å². The molecule has 0 atom stereocenters. The summed E-state index contributed by atoms with van der Waals surface area (Å²) in [6.45, 7) is -0.401. The lowest BCUT2D eigenvalue weighted by Gasteiger charge is -2.08. The molecule has 0 saturated carbocycles. The molecular formula is C7H5F2I2NO. The fourth-order valence-corrected chi connectivity index (χ4v) is 2.77. The molecule has 1 N–H and O–H groups in total. The Morgan fingerprint density at radius 3 is 2.54 bits per heavy atom. The predicted molar refractivity (Wildman–Crippen MR) is 60.6 cm³/mol. The Morgan fingerprint density at radius 2 is 2.08 bits per heavy atom. The van der Waals surface area contributed by atoms with Gasteiger partial charge in [-0.15, -0.1) is 0 Å². The SMILES string of the molecule is OCc1c(I)cc(I)nc1C(F)F. The van der Waals surface area contributed by atoms with Crippen LogP contribution in [0.3, 0.4) is 0 Å². The van der Waals surface area contributed by atoms with E-state index >= 15 is 0 Å². The van der Waals surface area contributed by atoms with Crippen LogP contribution in [0.1, 0.15) is 17.7 Å². The summed E-state index contributed by atoms with van der Waals surface area (Å²) < 4.78 is 25.9. The number of alkyl halides is 2. The van der Waals surface area contributed by atoms with Gasteiger partial charge in [-0.25, -0.2) is 13.8 Å². The van der Waals surface area contributed by atoms with E-state index in [4.69, 9.17) is 5.11 Å². The maximum absolute atomic E-state index is 12.4. The first-order chi connectivity index (χ1) is 6.06. The molecule has 0 aliphatic carbocycles. The molecule has 1 heterocycles. The zero-order chi connectivity index (χ0) is 10.0. The van der Waals surface area contributed by atoms with Crippen molar-refractivity contribution in [2.75, 3.05) is 0 Å². The second-order valence-corrected chi connectivity index (χ2v) is 4.52. The van der Waals surface area contributed by atoms with Crippen molar-refractivity contribution in [2.24, 2.45) is 0 Å². The number of aromatic nitrogens is 1. The Bertz CT molecular complexity index is 320. The molecule has 0 aliphatic rings. The van der Waals surface area contributed by atoms with Gasteiger partial charge in [0.15, 0.2) is 0 Å². The number of aliphatic hydroxyl groups is 1. The highest BCUT2D eigenvalue weighted by atomic mass is 127. The summed E-state index contributed by atoms with van der Waals surface area (Å²) in [7, 11) is 0. The second-order valence-electron chi connectivity index (χ2n) is 2.25. The maximum atomic E-state index is 12.4. The minimum atomic E-state index is -2.63. The van der Waals surface area contributed by atoms with E-state index in [1.165, 1.54) is 0 Å². The third-order valence-electron chi connectivity index (χ3n) is 1.44. The zero-order valence-electron chi connectivity index (χ0n) is 6.27. The highest BCUT2D eigenvalue weighted by Crippen LogP contribution is 2.25. The minimum absolute atomic E-state index is 0.219. The summed E-state index contributed by atoms with van der Waals surface area (Å²) in [6, 6.07) is 1.65. The molecule has 72 valence electrons. The van der Waals surface area contributed by atoms with Crippen LogP contribution < -0.4 is 0 Å². The molecule has 0 saturated heterocycles. The summed E-state index contributed by atoms with van der Waals surface area (Å²) in [5.74, 6) is 0. The molecule has 0 aliphatic heterocycles. The minimum Gasteiger partial charge on any atom is -0.392 e. The molecule has 0 fully saturated rings. The summed E-state index contributed by atoms with van der Waals surface area (Å²) in [5, 5.41) is 8.86. The first-order valence-electron chi connectivity index (χ1n) is 3.30. The molecule has 1 aromatic heterocycles. The topological polar surface area (TPSA) is 33.1 Å². The lowest BCUT2D eigenvalue weighted by molar-refractivity contribution is 0.141. The number of pyridine rings is 1. The molecule has 0 unspecified atom stereocenters. The highest BCUT2D eigenvalue weighted by Gasteiger charge is 2.17. The van der Waals surface area contributed by atoms with Gasteiger partial charge in [0.05, 0.1) is 6.61 Å². The van der Waals surface area contributed by atoms with Crippen LogP contribution in [0.4, 0.5) is 8.78 Å². The van der Waals surface area contributed by atoms with E-state index in [2.05, 4.69) is 4.98 Å².